The van der Waals surface area contributed by atoms with Crippen molar-refractivity contribution in [3.8, 4) is 0 Å². The van der Waals surface area contributed by atoms with E-state index in [2.05, 4.69) is 25.7 Å². The molecule has 0 aromatic carbocycles. The van der Waals surface area contributed by atoms with Crippen LogP contribution in [0.3, 0.4) is 0 Å². The van der Waals surface area contributed by atoms with Crippen LogP contribution in [-0.2, 0) is 4.74 Å². The van der Waals surface area contributed by atoms with E-state index in [4.69, 9.17) is 5.11 Å². The molecular weight excluding hydrogens is 254 g/mol. The second-order valence-corrected chi connectivity index (χ2v) is 3.20. The van der Waals surface area contributed by atoms with E-state index in [1.54, 1.807) is 0 Å². The van der Waals surface area contributed by atoms with E-state index >= 15 is 0 Å². The first-order valence-electron chi connectivity index (χ1n) is 3.53. The number of methoxy groups -OCH3 is 1. The maximum atomic E-state index is 11.1. The molecule has 0 saturated carbocycles. The van der Waals surface area contributed by atoms with Gasteiger partial charge in [-0.25, -0.2) is 14.6 Å². The molecule has 0 aliphatic rings. The summed E-state index contributed by atoms with van der Waals surface area (Å²) in [5.74, 6) is -1.72. The summed E-state index contributed by atoms with van der Waals surface area (Å²) in [5.41, 5.74) is 0.0574. The van der Waals surface area contributed by atoms with Crippen molar-refractivity contribution >= 4 is 27.9 Å². The Morgan fingerprint density at radius 2 is 2.21 bits per heavy atom. The number of esters is 1. The number of carbonyl (C=O) groups excluding carboxylic acids is 1. The molecule has 0 atom stereocenters. The van der Waals surface area contributed by atoms with Gasteiger partial charge in [0.1, 0.15) is 5.69 Å². The van der Waals surface area contributed by atoms with Crippen LogP contribution in [0.2, 0.25) is 0 Å². The fourth-order valence-electron chi connectivity index (χ4n) is 0.808. The molecule has 0 unspecified atom stereocenters. The average Bonchev–Trinajstić information content (AvgIpc) is 2.16. The molecule has 0 fully saturated rings. The Hall–Kier alpha value is -1.43. The molecule has 0 saturated heterocycles. The lowest BCUT2D eigenvalue weighted by atomic mass is 10.2. The number of rotatable bonds is 2. The molecule has 0 bridgehead atoms. The maximum Gasteiger partial charge on any atom is 0.354 e. The van der Waals surface area contributed by atoms with E-state index in [1.165, 1.54) is 13.2 Å². The van der Waals surface area contributed by atoms with Crippen LogP contribution in [0, 0.1) is 0 Å². The van der Waals surface area contributed by atoms with Gasteiger partial charge in [-0.1, -0.05) is 0 Å². The van der Waals surface area contributed by atoms with Gasteiger partial charge in [0.15, 0.2) is 0 Å². The van der Waals surface area contributed by atoms with Crippen molar-refractivity contribution in [3.63, 3.8) is 0 Å². The summed E-state index contributed by atoms with van der Waals surface area (Å²) in [6.45, 7) is 0. The molecule has 0 spiro atoms. The van der Waals surface area contributed by atoms with Gasteiger partial charge >= 0.3 is 11.9 Å². The number of pyridine rings is 1. The first-order valence-corrected chi connectivity index (χ1v) is 4.32. The minimum absolute atomic E-state index is 0.135. The van der Waals surface area contributed by atoms with Gasteiger partial charge < -0.3 is 9.84 Å². The van der Waals surface area contributed by atoms with Crippen molar-refractivity contribution in [1.82, 2.24) is 4.98 Å². The molecule has 6 heteroatoms. The number of halogens is 1. The maximum absolute atomic E-state index is 11.1. The normalized spacial score (nSPS) is 9.57. The third-order valence-corrected chi connectivity index (χ3v) is 2.13. The summed E-state index contributed by atoms with van der Waals surface area (Å²) in [4.78, 5) is 25.2. The third kappa shape index (κ3) is 2.08. The number of hydrogen-bond acceptors (Lipinski definition) is 4. The van der Waals surface area contributed by atoms with Gasteiger partial charge in [-0.3, -0.25) is 0 Å². The van der Waals surface area contributed by atoms with Gasteiger partial charge in [0.05, 0.1) is 12.7 Å². The summed E-state index contributed by atoms with van der Waals surface area (Å²) < 4.78 is 4.81. The fourth-order valence-corrected chi connectivity index (χ4v) is 1.29. The third-order valence-electron chi connectivity index (χ3n) is 1.48. The van der Waals surface area contributed by atoms with Crippen LogP contribution in [0.25, 0.3) is 0 Å². The first-order chi connectivity index (χ1) is 6.56. The summed E-state index contributed by atoms with van der Waals surface area (Å²) in [5, 5.41) is 8.60. The predicted molar refractivity (Wildman–Crippen MR) is 50.2 cm³/mol. The fraction of sp³-hybridized carbons (Fsp3) is 0.125. The summed E-state index contributed by atoms with van der Waals surface area (Å²) >= 11 is 3.05. The summed E-state index contributed by atoms with van der Waals surface area (Å²) in [6.07, 6.45) is 1.15. The molecule has 0 aliphatic carbocycles. The molecule has 1 N–H and O–H groups in total. The highest BCUT2D eigenvalue weighted by Gasteiger charge is 2.13. The Balaban J connectivity index is 3.14. The van der Waals surface area contributed by atoms with E-state index < -0.39 is 11.9 Å². The molecule has 1 aromatic heterocycles. The number of ether oxygens (including phenoxy) is 1. The number of carbonyl (C=O) groups is 2. The van der Waals surface area contributed by atoms with Gasteiger partial charge in [-0.2, -0.15) is 0 Å². The number of aromatic carboxylic acids is 1. The number of carboxylic acids is 1. The van der Waals surface area contributed by atoms with Crippen molar-refractivity contribution < 1.29 is 19.4 Å². The van der Waals surface area contributed by atoms with Crippen LogP contribution >= 0.6 is 15.9 Å². The highest BCUT2D eigenvalue weighted by Crippen LogP contribution is 2.17. The number of carboxylic acid groups (broad SMARTS) is 1. The van der Waals surface area contributed by atoms with Gasteiger partial charge in [0.2, 0.25) is 0 Å². The van der Waals surface area contributed by atoms with Crippen LogP contribution in [0.5, 0.6) is 0 Å². The van der Waals surface area contributed by atoms with Crippen LogP contribution in [0.4, 0.5) is 0 Å². The van der Waals surface area contributed by atoms with Gasteiger partial charge in [0.25, 0.3) is 0 Å². The van der Waals surface area contributed by atoms with Gasteiger partial charge in [-0.05, 0) is 22.0 Å². The highest BCUT2D eigenvalue weighted by molar-refractivity contribution is 9.10. The van der Waals surface area contributed by atoms with Gasteiger partial charge in [0, 0.05) is 10.7 Å². The van der Waals surface area contributed by atoms with Crippen molar-refractivity contribution in [2.75, 3.05) is 7.11 Å². The largest absolute Gasteiger partial charge is 0.477 e. The Morgan fingerprint density at radius 3 is 2.64 bits per heavy atom. The number of hydrogen-bond donors (Lipinski definition) is 1. The monoisotopic (exact) mass is 259 g/mol. The second-order valence-electron chi connectivity index (χ2n) is 2.35. The smallest absolute Gasteiger partial charge is 0.354 e. The van der Waals surface area contributed by atoms with Crippen LogP contribution in [0.1, 0.15) is 20.8 Å². The van der Waals surface area contributed by atoms with Crippen LogP contribution < -0.4 is 0 Å². The quantitative estimate of drug-likeness (QED) is 0.811. The zero-order valence-electron chi connectivity index (χ0n) is 7.15. The molecule has 0 aliphatic heterocycles. The van der Waals surface area contributed by atoms with Gasteiger partial charge in [-0.15, -0.1) is 0 Å². The van der Waals surface area contributed by atoms with E-state index in [-0.39, 0.29) is 11.3 Å². The van der Waals surface area contributed by atoms with Crippen molar-refractivity contribution in [2.24, 2.45) is 0 Å². The Morgan fingerprint density at radius 1 is 1.57 bits per heavy atom. The van der Waals surface area contributed by atoms with Crippen molar-refractivity contribution in [3.05, 3.63) is 28.0 Å². The highest BCUT2D eigenvalue weighted by atomic mass is 79.9. The summed E-state index contributed by atoms with van der Waals surface area (Å²) in [6, 6.07) is 1.24. The topological polar surface area (TPSA) is 76.5 Å². The first kappa shape index (κ1) is 10.6. The lowest BCUT2D eigenvalue weighted by molar-refractivity contribution is 0.0596. The molecule has 14 heavy (non-hydrogen) atoms. The summed E-state index contributed by atoms with van der Waals surface area (Å²) in [7, 11) is 1.24. The minimum Gasteiger partial charge on any atom is -0.477 e. The Kier molecular flexibility index (Phi) is 3.19. The lowest BCUT2D eigenvalue weighted by Gasteiger charge is -2.01. The number of nitrogens with zero attached hydrogens (tertiary/aromatic N) is 1. The van der Waals surface area contributed by atoms with E-state index in [0.717, 1.165) is 6.20 Å². The van der Waals surface area contributed by atoms with Crippen LogP contribution in [0.15, 0.2) is 16.7 Å². The van der Waals surface area contributed by atoms with E-state index in [0.29, 0.717) is 4.47 Å². The Labute approximate surface area is 87.8 Å². The molecule has 1 rings (SSSR count). The van der Waals surface area contributed by atoms with Crippen LogP contribution in [-0.4, -0.2) is 29.1 Å². The van der Waals surface area contributed by atoms with E-state index in [1.807, 2.05) is 0 Å². The van der Waals surface area contributed by atoms with Crippen molar-refractivity contribution in [2.45, 2.75) is 0 Å². The zero-order chi connectivity index (χ0) is 10.7. The lowest BCUT2D eigenvalue weighted by Crippen LogP contribution is -2.06. The zero-order valence-corrected chi connectivity index (χ0v) is 8.74. The number of aromatic nitrogens is 1. The molecule has 74 valence electrons. The molecule has 1 heterocycles. The Bertz CT molecular complexity index is 391. The predicted octanol–water partition coefficient (Wildman–Crippen LogP) is 1.33. The molecule has 5 nitrogen and oxygen atoms in total. The second kappa shape index (κ2) is 4.19. The van der Waals surface area contributed by atoms with Crippen molar-refractivity contribution in [1.29, 1.82) is 0 Å². The molecule has 0 amide bonds. The molecule has 1 aromatic rings. The average molecular weight is 260 g/mol. The standard InChI is InChI=1S/C8H6BrNO4/c1-14-8(13)4-3-10-6(7(11)12)2-5(4)9/h2-3H,1H3,(H,11,12). The molecule has 0 radical (unpaired) electrons. The molecular formula is C8H6BrNO4. The minimum atomic E-state index is -1.15. The van der Waals surface area contributed by atoms with E-state index in [9.17, 15) is 9.59 Å². The SMILES string of the molecule is COC(=O)c1cnc(C(=O)O)cc1Br.